The van der Waals surface area contributed by atoms with E-state index in [2.05, 4.69) is 25.7 Å². The lowest BCUT2D eigenvalue weighted by Crippen LogP contribution is -2.30. The van der Waals surface area contributed by atoms with Gasteiger partial charge in [0, 0.05) is 19.0 Å². The van der Waals surface area contributed by atoms with E-state index in [4.69, 9.17) is 0 Å². The molecule has 1 aliphatic heterocycles. The zero-order valence-electron chi connectivity index (χ0n) is 9.92. The number of Topliss-reactive ketones (excluding diaryl/α,β-unsaturated/α-hetero) is 1. The highest BCUT2D eigenvalue weighted by molar-refractivity contribution is 5.82. The van der Waals surface area contributed by atoms with Crippen LogP contribution in [-0.4, -0.2) is 30.3 Å². The minimum Gasteiger partial charge on any atom is -0.298 e. The van der Waals surface area contributed by atoms with Crippen LogP contribution in [0.3, 0.4) is 0 Å². The average molecular weight is 197 g/mol. The summed E-state index contributed by atoms with van der Waals surface area (Å²) >= 11 is 0. The maximum absolute atomic E-state index is 11.7. The van der Waals surface area contributed by atoms with Gasteiger partial charge in [-0.3, -0.25) is 9.69 Å². The Balaban J connectivity index is 2.35. The van der Waals surface area contributed by atoms with Crippen molar-refractivity contribution in [2.75, 3.05) is 19.6 Å². The quantitative estimate of drug-likeness (QED) is 0.688. The predicted octanol–water partition coefficient (Wildman–Crippen LogP) is 2.19. The molecule has 0 amide bonds. The van der Waals surface area contributed by atoms with Crippen LogP contribution in [0.4, 0.5) is 0 Å². The molecule has 3 unspecified atom stereocenters. The Bertz CT molecular complexity index is 192. The standard InChI is InChI=1S/C12H23NO/c1-5-9(2)12(14)8-13-6-10(3)11(4)7-13/h9-11H,5-8H2,1-4H3. The summed E-state index contributed by atoms with van der Waals surface area (Å²) in [6, 6.07) is 0. The SMILES string of the molecule is CCC(C)C(=O)CN1CC(C)C(C)C1. The number of carbonyl (C=O) groups excluding carboxylic acids is 1. The summed E-state index contributed by atoms with van der Waals surface area (Å²) < 4.78 is 0. The zero-order chi connectivity index (χ0) is 10.7. The Kier molecular flexibility index (Phi) is 4.11. The van der Waals surface area contributed by atoms with Crippen molar-refractivity contribution in [3.63, 3.8) is 0 Å². The molecule has 0 radical (unpaired) electrons. The van der Waals surface area contributed by atoms with Gasteiger partial charge in [0.25, 0.3) is 0 Å². The molecular formula is C12H23NO. The van der Waals surface area contributed by atoms with Gasteiger partial charge in [0.15, 0.2) is 0 Å². The normalized spacial score (nSPS) is 30.6. The number of rotatable bonds is 4. The second-order valence-corrected chi connectivity index (χ2v) is 4.92. The Morgan fingerprint density at radius 1 is 1.36 bits per heavy atom. The summed E-state index contributed by atoms with van der Waals surface area (Å²) in [7, 11) is 0. The Morgan fingerprint density at radius 2 is 1.86 bits per heavy atom. The zero-order valence-corrected chi connectivity index (χ0v) is 9.92. The second-order valence-electron chi connectivity index (χ2n) is 4.92. The number of carbonyl (C=O) groups is 1. The first-order valence-electron chi connectivity index (χ1n) is 5.79. The highest BCUT2D eigenvalue weighted by Crippen LogP contribution is 2.22. The first-order chi connectivity index (χ1) is 6.54. The van der Waals surface area contributed by atoms with Gasteiger partial charge in [-0.05, 0) is 18.3 Å². The minimum absolute atomic E-state index is 0.237. The molecular weight excluding hydrogens is 174 g/mol. The predicted molar refractivity (Wildman–Crippen MR) is 59.2 cm³/mol. The third-order valence-electron chi connectivity index (χ3n) is 3.61. The molecule has 0 aromatic rings. The van der Waals surface area contributed by atoms with Crippen LogP contribution in [0.2, 0.25) is 0 Å². The van der Waals surface area contributed by atoms with Crippen molar-refractivity contribution in [2.24, 2.45) is 17.8 Å². The molecule has 0 aromatic carbocycles. The first kappa shape index (κ1) is 11.7. The third-order valence-corrected chi connectivity index (χ3v) is 3.61. The Hall–Kier alpha value is -0.370. The number of ketones is 1. The van der Waals surface area contributed by atoms with Crippen LogP contribution in [0, 0.1) is 17.8 Å². The van der Waals surface area contributed by atoms with E-state index in [0.29, 0.717) is 12.3 Å². The van der Waals surface area contributed by atoms with Gasteiger partial charge in [-0.25, -0.2) is 0 Å². The topological polar surface area (TPSA) is 20.3 Å². The molecule has 0 N–H and O–H groups in total. The Labute approximate surface area is 87.7 Å². The Morgan fingerprint density at radius 3 is 2.29 bits per heavy atom. The lowest BCUT2D eigenvalue weighted by atomic mass is 10.0. The van der Waals surface area contributed by atoms with Crippen molar-refractivity contribution in [1.29, 1.82) is 0 Å². The molecule has 1 aliphatic rings. The lowest BCUT2D eigenvalue weighted by molar-refractivity contribution is -0.123. The molecule has 3 atom stereocenters. The highest BCUT2D eigenvalue weighted by atomic mass is 16.1. The monoisotopic (exact) mass is 197 g/mol. The molecule has 1 rings (SSSR count). The summed E-state index contributed by atoms with van der Waals surface area (Å²) in [5.74, 6) is 2.15. The van der Waals surface area contributed by atoms with Crippen LogP contribution >= 0.6 is 0 Å². The van der Waals surface area contributed by atoms with Crippen molar-refractivity contribution in [1.82, 2.24) is 4.90 Å². The molecule has 1 heterocycles. The number of nitrogens with zero attached hydrogens (tertiary/aromatic N) is 1. The fourth-order valence-electron chi connectivity index (χ4n) is 1.98. The molecule has 0 aliphatic carbocycles. The summed E-state index contributed by atoms with van der Waals surface area (Å²) in [6.07, 6.45) is 0.970. The first-order valence-corrected chi connectivity index (χ1v) is 5.79. The molecule has 0 bridgehead atoms. The van der Waals surface area contributed by atoms with Crippen molar-refractivity contribution >= 4 is 5.78 Å². The van der Waals surface area contributed by atoms with E-state index in [-0.39, 0.29) is 5.92 Å². The molecule has 0 saturated carbocycles. The van der Waals surface area contributed by atoms with Crippen molar-refractivity contribution < 1.29 is 4.79 Å². The lowest BCUT2D eigenvalue weighted by Gasteiger charge is -2.16. The van der Waals surface area contributed by atoms with E-state index in [0.717, 1.165) is 31.3 Å². The van der Waals surface area contributed by atoms with Gasteiger partial charge in [-0.15, -0.1) is 0 Å². The van der Waals surface area contributed by atoms with Gasteiger partial charge in [0.05, 0.1) is 6.54 Å². The summed E-state index contributed by atoms with van der Waals surface area (Å²) in [4.78, 5) is 14.0. The molecule has 14 heavy (non-hydrogen) atoms. The van der Waals surface area contributed by atoms with Crippen LogP contribution in [0.1, 0.15) is 34.1 Å². The molecule has 0 aromatic heterocycles. The smallest absolute Gasteiger partial charge is 0.149 e. The van der Waals surface area contributed by atoms with Crippen molar-refractivity contribution in [3.8, 4) is 0 Å². The van der Waals surface area contributed by atoms with Crippen LogP contribution in [-0.2, 0) is 4.79 Å². The van der Waals surface area contributed by atoms with Crippen LogP contribution in [0.25, 0.3) is 0 Å². The van der Waals surface area contributed by atoms with Crippen LogP contribution in [0.5, 0.6) is 0 Å². The van der Waals surface area contributed by atoms with E-state index in [9.17, 15) is 4.79 Å². The van der Waals surface area contributed by atoms with E-state index in [1.54, 1.807) is 0 Å². The molecule has 2 nitrogen and oxygen atoms in total. The van der Waals surface area contributed by atoms with E-state index < -0.39 is 0 Å². The largest absolute Gasteiger partial charge is 0.298 e. The molecule has 1 saturated heterocycles. The number of likely N-dealkylation sites (tertiary alicyclic amines) is 1. The minimum atomic E-state index is 0.237. The van der Waals surface area contributed by atoms with Gasteiger partial charge >= 0.3 is 0 Å². The van der Waals surface area contributed by atoms with Crippen LogP contribution in [0.15, 0.2) is 0 Å². The molecule has 1 fully saturated rings. The van der Waals surface area contributed by atoms with E-state index in [1.165, 1.54) is 0 Å². The van der Waals surface area contributed by atoms with Gasteiger partial charge in [0.1, 0.15) is 5.78 Å². The molecule has 2 heteroatoms. The maximum Gasteiger partial charge on any atom is 0.149 e. The summed E-state index contributed by atoms with van der Waals surface area (Å²) in [5.41, 5.74) is 0. The van der Waals surface area contributed by atoms with Crippen molar-refractivity contribution in [3.05, 3.63) is 0 Å². The van der Waals surface area contributed by atoms with Gasteiger partial charge in [-0.1, -0.05) is 27.7 Å². The second kappa shape index (κ2) is 4.92. The molecule has 82 valence electrons. The van der Waals surface area contributed by atoms with Gasteiger partial charge in [0.2, 0.25) is 0 Å². The third kappa shape index (κ3) is 2.81. The summed E-state index contributed by atoms with van der Waals surface area (Å²) in [5, 5.41) is 0. The highest BCUT2D eigenvalue weighted by Gasteiger charge is 2.27. The summed E-state index contributed by atoms with van der Waals surface area (Å²) in [6.45, 7) is 11.5. The fraction of sp³-hybridized carbons (Fsp3) is 0.917. The van der Waals surface area contributed by atoms with E-state index in [1.807, 2.05) is 6.92 Å². The number of hydrogen-bond acceptors (Lipinski definition) is 2. The maximum atomic E-state index is 11.7. The van der Waals surface area contributed by atoms with E-state index >= 15 is 0 Å². The van der Waals surface area contributed by atoms with Crippen LogP contribution < -0.4 is 0 Å². The van der Waals surface area contributed by atoms with Gasteiger partial charge < -0.3 is 0 Å². The molecule has 0 spiro atoms. The fourth-order valence-corrected chi connectivity index (χ4v) is 1.98. The van der Waals surface area contributed by atoms with Crippen molar-refractivity contribution in [2.45, 2.75) is 34.1 Å². The average Bonchev–Trinajstić information content (AvgIpc) is 2.44. The van der Waals surface area contributed by atoms with Gasteiger partial charge in [-0.2, -0.15) is 0 Å². The number of hydrogen-bond donors (Lipinski definition) is 0.